The molecule has 0 bridgehead atoms. The number of hydrogen-bond donors (Lipinski definition) is 2. The van der Waals surface area contributed by atoms with Crippen molar-refractivity contribution in [3.05, 3.63) is 68.2 Å². The zero-order chi connectivity index (χ0) is 19.5. The maximum atomic E-state index is 12.3. The van der Waals surface area contributed by atoms with Crippen LogP contribution in [0.15, 0.2) is 46.9 Å². The third-order valence-electron chi connectivity index (χ3n) is 3.30. The van der Waals surface area contributed by atoms with Crippen LogP contribution in [-0.4, -0.2) is 22.3 Å². The summed E-state index contributed by atoms with van der Waals surface area (Å²) in [5.74, 6) is -0.689. The summed E-state index contributed by atoms with van der Waals surface area (Å²) >= 11 is 3.08. The van der Waals surface area contributed by atoms with E-state index in [1.54, 1.807) is 24.3 Å². The summed E-state index contributed by atoms with van der Waals surface area (Å²) in [6, 6.07) is 10.5. The van der Waals surface area contributed by atoms with Crippen LogP contribution in [0.25, 0.3) is 0 Å². The highest BCUT2D eigenvalue weighted by atomic mass is 79.9. The van der Waals surface area contributed by atoms with Crippen LogP contribution in [0.4, 0.5) is 11.4 Å². The van der Waals surface area contributed by atoms with Gasteiger partial charge in [-0.3, -0.25) is 19.7 Å². The fourth-order valence-corrected chi connectivity index (χ4v) is 2.51. The van der Waals surface area contributed by atoms with Crippen LogP contribution < -0.4 is 10.6 Å². The predicted octanol–water partition coefficient (Wildman–Crippen LogP) is 4.14. The van der Waals surface area contributed by atoms with Gasteiger partial charge >= 0.3 is 0 Å². The first-order valence-corrected chi connectivity index (χ1v) is 8.54. The molecule has 8 heteroatoms. The van der Waals surface area contributed by atoms with Crippen molar-refractivity contribution in [1.29, 1.82) is 0 Å². The summed E-state index contributed by atoms with van der Waals surface area (Å²) in [5.41, 5.74) is 0.576. The number of nitrogens with one attached hydrogen (secondary N) is 2. The first-order valence-electron chi connectivity index (χ1n) is 7.75. The van der Waals surface area contributed by atoms with E-state index in [-0.39, 0.29) is 22.7 Å². The Morgan fingerprint density at radius 1 is 1.00 bits per heavy atom. The Kier molecular flexibility index (Phi) is 5.76. The first kappa shape index (κ1) is 19.6. The molecule has 0 aliphatic carbocycles. The second kappa shape index (κ2) is 7.65. The molecule has 26 heavy (non-hydrogen) atoms. The number of anilines is 1. The fraction of sp³-hybridized carbons (Fsp3) is 0.222. The van der Waals surface area contributed by atoms with Gasteiger partial charge in [0.25, 0.3) is 17.5 Å². The second-order valence-corrected chi connectivity index (χ2v) is 7.51. The van der Waals surface area contributed by atoms with Gasteiger partial charge in [0.05, 0.1) is 9.40 Å². The van der Waals surface area contributed by atoms with Crippen molar-refractivity contribution in [3.63, 3.8) is 0 Å². The lowest BCUT2D eigenvalue weighted by molar-refractivity contribution is -0.385. The highest BCUT2D eigenvalue weighted by Gasteiger charge is 2.17. The molecule has 2 rings (SSSR count). The Balaban J connectivity index is 2.12. The molecular weight excluding hydrogens is 402 g/mol. The molecule has 0 unspecified atom stereocenters. The lowest BCUT2D eigenvalue weighted by Gasteiger charge is -2.20. The average molecular weight is 420 g/mol. The van der Waals surface area contributed by atoms with E-state index in [0.717, 1.165) is 0 Å². The quantitative estimate of drug-likeness (QED) is 0.574. The molecule has 0 atom stereocenters. The minimum atomic E-state index is -0.566. The third-order valence-corrected chi connectivity index (χ3v) is 3.97. The topological polar surface area (TPSA) is 101 Å². The molecule has 2 amide bonds. The lowest BCUT2D eigenvalue weighted by atomic mass is 10.1. The van der Waals surface area contributed by atoms with E-state index in [1.165, 1.54) is 18.2 Å². The molecule has 0 spiro atoms. The van der Waals surface area contributed by atoms with Crippen molar-refractivity contribution in [3.8, 4) is 0 Å². The van der Waals surface area contributed by atoms with E-state index in [0.29, 0.717) is 15.7 Å². The Labute approximate surface area is 159 Å². The molecule has 2 N–H and O–H groups in total. The Bertz CT molecular complexity index is 858. The molecule has 7 nitrogen and oxygen atoms in total. The SMILES string of the molecule is CC(C)(C)NC(=O)c1ccc(NC(=O)c2ccc(Br)c([N+](=O)[O-])c2)cc1. The molecule has 0 aromatic heterocycles. The number of halogens is 1. The zero-order valence-electron chi connectivity index (χ0n) is 14.5. The van der Waals surface area contributed by atoms with Gasteiger partial charge < -0.3 is 10.6 Å². The molecule has 0 aliphatic heterocycles. The van der Waals surface area contributed by atoms with Crippen LogP contribution in [0.1, 0.15) is 41.5 Å². The van der Waals surface area contributed by atoms with Crippen LogP contribution in [0.3, 0.4) is 0 Å². The molecule has 0 radical (unpaired) electrons. The van der Waals surface area contributed by atoms with Gasteiger partial charge in [0.1, 0.15) is 0 Å². The van der Waals surface area contributed by atoms with E-state index in [2.05, 4.69) is 26.6 Å². The van der Waals surface area contributed by atoms with Gasteiger partial charge in [0.15, 0.2) is 0 Å². The molecule has 0 saturated carbocycles. The number of nitrogens with zero attached hydrogens (tertiary/aromatic N) is 1. The highest BCUT2D eigenvalue weighted by molar-refractivity contribution is 9.10. The van der Waals surface area contributed by atoms with Crippen LogP contribution >= 0.6 is 15.9 Å². The normalized spacial score (nSPS) is 10.9. The van der Waals surface area contributed by atoms with Gasteiger partial charge in [0, 0.05) is 28.4 Å². The summed E-state index contributed by atoms with van der Waals surface area (Å²) in [6.07, 6.45) is 0. The molecule has 0 aliphatic rings. The van der Waals surface area contributed by atoms with Crippen molar-refractivity contribution >= 4 is 39.1 Å². The van der Waals surface area contributed by atoms with E-state index in [9.17, 15) is 19.7 Å². The number of amides is 2. The number of carbonyl (C=O) groups excluding carboxylic acids is 2. The Morgan fingerprint density at radius 3 is 2.12 bits per heavy atom. The summed E-state index contributed by atoms with van der Waals surface area (Å²) < 4.78 is 0.299. The number of hydrogen-bond acceptors (Lipinski definition) is 4. The maximum Gasteiger partial charge on any atom is 0.284 e. The minimum absolute atomic E-state index is 0.162. The van der Waals surface area contributed by atoms with Crippen LogP contribution in [-0.2, 0) is 0 Å². The highest BCUT2D eigenvalue weighted by Crippen LogP contribution is 2.26. The molecule has 0 fully saturated rings. The number of nitro groups is 1. The monoisotopic (exact) mass is 419 g/mol. The molecule has 0 saturated heterocycles. The Morgan fingerprint density at radius 2 is 1.58 bits per heavy atom. The van der Waals surface area contributed by atoms with E-state index >= 15 is 0 Å². The zero-order valence-corrected chi connectivity index (χ0v) is 16.1. The molecule has 136 valence electrons. The third kappa shape index (κ3) is 5.13. The predicted molar refractivity (Wildman–Crippen MR) is 102 cm³/mol. The minimum Gasteiger partial charge on any atom is -0.347 e. The van der Waals surface area contributed by atoms with Crippen LogP contribution in [0.2, 0.25) is 0 Å². The number of nitro benzene ring substituents is 1. The number of carbonyl (C=O) groups is 2. The van der Waals surface area contributed by atoms with Crippen molar-refractivity contribution in [1.82, 2.24) is 5.32 Å². The van der Waals surface area contributed by atoms with Crippen LogP contribution in [0, 0.1) is 10.1 Å². The lowest BCUT2D eigenvalue weighted by Crippen LogP contribution is -2.40. The molecule has 2 aromatic carbocycles. The van der Waals surface area contributed by atoms with Gasteiger partial charge in [-0.2, -0.15) is 0 Å². The summed E-state index contributed by atoms with van der Waals surface area (Å²) in [4.78, 5) is 34.8. The van der Waals surface area contributed by atoms with Crippen LogP contribution in [0.5, 0.6) is 0 Å². The van der Waals surface area contributed by atoms with E-state index < -0.39 is 10.8 Å². The largest absolute Gasteiger partial charge is 0.347 e. The summed E-state index contributed by atoms with van der Waals surface area (Å²) in [6.45, 7) is 5.66. The van der Waals surface area contributed by atoms with Gasteiger partial charge in [-0.05, 0) is 73.1 Å². The number of benzene rings is 2. The molecule has 0 heterocycles. The number of rotatable bonds is 4. The van der Waals surface area contributed by atoms with Gasteiger partial charge in [-0.1, -0.05) is 0 Å². The molecule has 2 aromatic rings. The Hall–Kier alpha value is -2.74. The second-order valence-electron chi connectivity index (χ2n) is 6.66. The van der Waals surface area contributed by atoms with Gasteiger partial charge in [-0.25, -0.2) is 0 Å². The summed E-state index contributed by atoms with van der Waals surface area (Å²) in [5, 5.41) is 16.5. The van der Waals surface area contributed by atoms with Gasteiger partial charge in [-0.15, -0.1) is 0 Å². The maximum absolute atomic E-state index is 12.3. The smallest absolute Gasteiger partial charge is 0.284 e. The summed E-state index contributed by atoms with van der Waals surface area (Å²) in [7, 11) is 0. The van der Waals surface area contributed by atoms with Crippen molar-refractivity contribution in [2.24, 2.45) is 0 Å². The average Bonchev–Trinajstić information content (AvgIpc) is 2.54. The van der Waals surface area contributed by atoms with Gasteiger partial charge in [0.2, 0.25) is 0 Å². The first-order chi connectivity index (χ1) is 12.1. The van der Waals surface area contributed by atoms with Crippen molar-refractivity contribution in [2.75, 3.05) is 5.32 Å². The standard InChI is InChI=1S/C18H18BrN3O4/c1-18(2,3)21-17(24)11-4-7-13(8-5-11)20-16(23)12-6-9-14(19)15(10-12)22(25)26/h4-10H,1-3H3,(H,20,23)(H,21,24). The van der Waals surface area contributed by atoms with E-state index in [4.69, 9.17) is 0 Å². The van der Waals surface area contributed by atoms with Crippen molar-refractivity contribution in [2.45, 2.75) is 26.3 Å². The van der Waals surface area contributed by atoms with Crippen molar-refractivity contribution < 1.29 is 14.5 Å². The fourth-order valence-electron chi connectivity index (χ4n) is 2.11. The van der Waals surface area contributed by atoms with E-state index in [1.807, 2.05) is 20.8 Å². The molecular formula is C18H18BrN3O4.